The number of hydrogen-bond acceptors (Lipinski definition) is 3. The van der Waals surface area contributed by atoms with Crippen LogP contribution in [0.1, 0.15) is 31.9 Å². The Kier molecular flexibility index (Phi) is 3.30. The van der Waals surface area contributed by atoms with Gasteiger partial charge in [0.25, 0.3) is 0 Å². The average molecular weight is 438 g/mol. The third-order valence-electron chi connectivity index (χ3n) is 6.85. The topological polar surface area (TPSA) is 26.8 Å². The number of benzene rings is 3. The van der Waals surface area contributed by atoms with Gasteiger partial charge in [0.15, 0.2) is 0 Å². The van der Waals surface area contributed by atoms with Gasteiger partial charge in [-0.05, 0) is 59.9 Å². The number of thiophene rings is 1. The second kappa shape index (κ2) is 5.76. The molecule has 0 aliphatic heterocycles. The maximum atomic E-state index is 6.54. The molecule has 0 saturated heterocycles. The highest BCUT2D eigenvalue weighted by Crippen LogP contribution is 2.49. The van der Waals surface area contributed by atoms with Crippen LogP contribution in [0.25, 0.3) is 58.7 Å². The number of nitrogens with zero attached hydrogens (tertiary/aromatic N) is 1. The Morgan fingerprint density at radius 1 is 0.875 bits per heavy atom. The number of ether oxygens (including phenoxy) is 1. The maximum Gasteiger partial charge on any atom is 0.214 e. The van der Waals surface area contributed by atoms with E-state index in [0.717, 1.165) is 17.0 Å². The number of furan rings is 1. The summed E-state index contributed by atoms with van der Waals surface area (Å²) in [5.41, 5.74) is 5.79. The van der Waals surface area contributed by atoms with Crippen LogP contribution in [-0.4, -0.2) is 11.5 Å². The molecule has 4 aromatic heterocycles. The molecule has 0 spiro atoms. The van der Waals surface area contributed by atoms with Gasteiger partial charge in [-0.1, -0.05) is 32.9 Å². The van der Waals surface area contributed by atoms with E-state index in [9.17, 15) is 0 Å². The Morgan fingerprint density at radius 2 is 1.62 bits per heavy atom. The molecule has 0 atom stereocenters. The first kappa shape index (κ1) is 18.3. The van der Waals surface area contributed by atoms with E-state index in [4.69, 9.17) is 9.15 Å². The maximum absolute atomic E-state index is 6.54. The number of hydrogen-bond donors (Lipinski definition) is 0. The van der Waals surface area contributed by atoms with Crippen LogP contribution in [0.15, 0.2) is 52.9 Å². The van der Waals surface area contributed by atoms with Crippen molar-refractivity contribution in [2.75, 3.05) is 7.11 Å². The molecular formula is C28H23NO2S. The molecule has 0 aliphatic rings. The highest BCUT2D eigenvalue weighted by Gasteiger charge is 2.27. The van der Waals surface area contributed by atoms with E-state index in [-0.39, 0.29) is 5.41 Å². The van der Waals surface area contributed by atoms with Gasteiger partial charge in [0, 0.05) is 31.6 Å². The molecule has 0 unspecified atom stereocenters. The number of methoxy groups -OCH3 is 1. The van der Waals surface area contributed by atoms with Crippen molar-refractivity contribution in [3.8, 4) is 5.75 Å². The zero-order chi connectivity index (χ0) is 21.9. The Balaban J connectivity index is 1.79. The average Bonchev–Trinajstić information content (AvgIpc) is 3.45. The molecule has 0 fully saturated rings. The number of aryl methyl sites for hydroxylation is 1. The first-order valence-electron chi connectivity index (χ1n) is 11.0. The minimum Gasteiger partial charge on any atom is -0.497 e. The molecule has 32 heavy (non-hydrogen) atoms. The molecule has 0 saturated carbocycles. The van der Waals surface area contributed by atoms with Gasteiger partial charge in [0.1, 0.15) is 16.2 Å². The van der Waals surface area contributed by atoms with E-state index in [1.54, 1.807) is 7.11 Å². The largest absolute Gasteiger partial charge is 0.497 e. The van der Waals surface area contributed by atoms with Gasteiger partial charge in [-0.15, -0.1) is 11.3 Å². The Hall–Kier alpha value is -3.24. The van der Waals surface area contributed by atoms with Crippen LogP contribution in [0.2, 0.25) is 0 Å². The van der Waals surface area contributed by atoms with Crippen LogP contribution < -0.4 is 4.74 Å². The van der Waals surface area contributed by atoms with Crippen LogP contribution in [-0.2, 0) is 5.41 Å². The summed E-state index contributed by atoms with van der Waals surface area (Å²) in [5.74, 6) is 0.892. The second-order valence-corrected chi connectivity index (χ2v) is 11.0. The third kappa shape index (κ3) is 2.16. The first-order chi connectivity index (χ1) is 15.3. The van der Waals surface area contributed by atoms with Gasteiger partial charge < -0.3 is 9.15 Å². The normalized spacial score (nSPS) is 13.2. The molecule has 0 N–H and O–H groups in total. The lowest BCUT2D eigenvalue weighted by molar-refractivity contribution is 0.415. The molecule has 0 amide bonds. The van der Waals surface area contributed by atoms with Gasteiger partial charge in [0.2, 0.25) is 5.71 Å². The Bertz CT molecular complexity index is 1860. The van der Waals surface area contributed by atoms with E-state index >= 15 is 0 Å². The SMILES string of the molecule is COc1ccc2c(c1)sc1c2c2cc(C(C)(C)C)cc3c4c5ccc(C)cc5oc4n1c32. The van der Waals surface area contributed by atoms with Gasteiger partial charge in [-0.2, -0.15) is 0 Å². The van der Waals surface area contributed by atoms with Crippen LogP contribution in [0.5, 0.6) is 5.75 Å². The van der Waals surface area contributed by atoms with E-state index in [1.807, 2.05) is 11.3 Å². The molecule has 3 aromatic carbocycles. The summed E-state index contributed by atoms with van der Waals surface area (Å²) >= 11 is 1.81. The minimum atomic E-state index is 0.0487. The fourth-order valence-corrected chi connectivity index (χ4v) is 6.45. The van der Waals surface area contributed by atoms with Gasteiger partial charge in [-0.3, -0.25) is 4.40 Å². The first-order valence-corrected chi connectivity index (χ1v) is 11.8. The van der Waals surface area contributed by atoms with Crippen molar-refractivity contribution in [3.63, 3.8) is 0 Å². The molecular weight excluding hydrogens is 414 g/mol. The predicted octanol–water partition coefficient (Wildman–Crippen LogP) is 8.41. The predicted molar refractivity (Wildman–Crippen MR) is 136 cm³/mol. The van der Waals surface area contributed by atoms with Crippen LogP contribution in [0.4, 0.5) is 0 Å². The van der Waals surface area contributed by atoms with Crippen LogP contribution >= 0.6 is 11.3 Å². The molecule has 0 radical (unpaired) electrons. The second-order valence-electron chi connectivity index (χ2n) is 9.93. The van der Waals surface area contributed by atoms with Crippen molar-refractivity contribution < 1.29 is 9.15 Å². The summed E-state index contributed by atoms with van der Waals surface area (Å²) in [6.45, 7) is 8.99. The van der Waals surface area contributed by atoms with Crippen molar-refractivity contribution in [1.29, 1.82) is 0 Å². The monoisotopic (exact) mass is 437 g/mol. The van der Waals surface area contributed by atoms with Gasteiger partial charge in [0.05, 0.1) is 18.0 Å². The van der Waals surface area contributed by atoms with Crippen LogP contribution in [0, 0.1) is 6.92 Å². The molecule has 4 heteroatoms. The summed E-state index contributed by atoms with van der Waals surface area (Å²) in [7, 11) is 1.72. The van der Waals surface area contributed by atoms with Crippen molar-refractivity contribution in [2.24, 2.45) is 0 Å². The molecule has 4 heterocycles. The summed E-state index contributed by atoms with van der Waals surface area (Å²) < 4.78 is 15.6. The molecule has 0 aliphatic carbocycles. The zero-order valence-electron chi connectivity index (χ0n) is 18.8. The number of aromatic nitrogens is 1. The molecule has 7 aromatic rings. The number of fused-ring (bicyclic) bond motifs is 10. The molecule has 0 bridgehead atoms. The number of rotatable bonds is 1. The van der Waals surface area contributed by atoms with E-state index in [0.29, 0.717) is 0 Å². The van der Waals surface area contributed by atoms with E-state index < -0.39 is 0 Å². The lowest BCUT2D eigenvalue weighted by Crippen LogP contribution is -2.10. The smallest absolute Gasteiger partial charge is 0.214 e. The van der Waals surface area contributed by atoms with E-state index in [1.165, 1.54) is 58.5 Å². The Labute approximate surface area is 189 Å². The quantitative estimate of drug-likeness (QED) is 0.258. The lowest BCUT2D eigenvalue weighted by Gasteiger charge is -2.19. The summed E-state index contributed by atoms with van der Waals surface area (Å²) in [6, 6.07) is 17.7. The minimum absolute atomic E-state index is 0.0487. The standard InChI is InChI=1S/C28H23NO2S/c1-14-6-8-17-21(10-14)31-26-23(17)19-11-15(28(2,3)4)12-20-24-18-9-7-16(30-5)13-22(18)32-27(24)29(26)25(19)20/h6-13H,1-5H3. The van der Waals surface area contributed by atoms with E-state index in [2.05, 4.69) is 80.6 Å². The van der Waals surface area contributed by atoms with Crippen molar-refractivity contribution in [3.05, 3.63) is 59.7 Å². The fraction of sp³-hybridized carbons (Fsp3) is 0.214. The highest BCUT2D eigenvalue weighted by atomic mass is 32.1. The van der Waals surface area contributed by atoms with Crippen molar-refractivity contribution >= 4 is 70.0 Å². The van der Waals surface area contributed by atoms with Gasteiger partial charge in [-0.25, -0.2) is 0 Å². The fourth-order valence-electron chi connectivity index (χ4n) is 5.20. The summed E-state index contributed by atoms with van der Waals surface area (Å²) in [4.78, 5) is 1.24. The van der Waals surface area contributed by atoms with Crippen LogP contribution in [0.3, 0.4) is 0 Å². The summed E-state index contributed by atoms with van der Waals surface area (Å²) in [5, 5.41) is 7.61. The molecule has 158 valence electrons. The molecule has 3 nitrogen and oxygen atoms in total. The van der Waals surface area contributed by atoms with Gasteiger partial charge >= 0.3 is 0 Å². The lowest BCUT2D eigenvalue weighted by atomic mass is 9.85. The Morgan fingerprint density at radius 3 is 2.38 bits per heavy atom. The zero-order valence-corrected chi connectivity index (χ0v) is 19.6. The molecule has 7 rings (SSSR count). The highest BCUT2D eigenvalue weighted by molar-refractivity contribution is 7.25. The van der Waals surface area contributed by atoms with Crippen molar-refractivity contribution in [1.82, 2.24) is 4.40 Å². The van der Waals surface area contributed by atoms with Crippen molar-refractivity contribution in [2.45, 2.75) is 33.1 Å². The summed E-state index contributed by atoms with van der Waals surface area (Å²) in [6.07, 6.45) is 0. The third-order valence-corrected chi connectivity index (χ3v) is 7.99.